The second kappa shape index (κ2) is 9.70. The molecule has 1 aromatic carbocycles. The monoisotopic (exact) mass is 366 g/mol. The van der Waals surface area contributed by atoms with Gasteiger partial charge in [-0.3, -0.25) is 9.89 Å². The number of nitrogens with two attached hydrogens (primary N) is 1. The molecule has 1 aromatic rings. The molecule has 1 saturated heterocycles. The molecule has 0 saturated carbocycles. The zero-order valence-electron chi connectivity index (χ0n) is 15.0. The van der Waals surface area contributed by atoms with E-state index in [1.165, 1.54) is 12.1 Å². The second-order valence-electron chi connectivity index (χ2n) is 6.42. The normalized spacial score (nSPS) is 18.3. The molecule has 0 unspecified atom stereocenters. The second-order valence-corrected chi connectivity index (χ2v) is 6.42. The minimum Gasteiger partial charge on any atom is -0.467 e. The van der Waals surface area contributed by atoms with Crippen molar-refractivity contribution in [3.63, 3.8) is 0 Å². The Morgan fingerprint density at radius 3 is 2.96 bits per heavy atom. The van der Waals surface area contributed by atoms with Gasteiger partial charge in [-0.2, -0.15) is 0 Å². The minimum atomic E-state index is -0.280. The van der Waals surface area contributed by atoms with Gasteiger partial charge in [-0.15, -0.1) is 0 Å². The summed E-state index contributed by atoms with van der Waals surface area (Å²) in [7, 11) is 0. The number of nitrogens with one attached hydrogen (secondary N) is 1. The molecule has 0 spiro atoms. The molecular formula is C18H27FN4O3. The van der Waals surface area contributed by atoms with E-state index in [-0.39, 0.29) is 12.6 Å². The molecule has 1 fully saturated rings. The standard InChI is InChI=1S/C18H27FN4O3/c19-16-10-14(17-15(11-16)12-25-13-26-17)2-4-22-18(20)21-3-1-5-23-6-8-24-9-7-23/h10-11H,1-9,12-13H2,(H3,20,21,22). The Hall–Kier alpha value is -1.90. The number of halogens is 1. The van der Waals surface area contributed by atoms with E-state index < -0.39 is 0 Å². The van der Waals surface area contributed by atoms with Crippen LogP contribution in [-0.2, 0) is 22.5 Å². The van der Waals surface area contributed by atoms with Gasteiger partial charge in [-0.1, -0.05) is 0 Å². The first-order valence-corrected chi connectivity index (χ1v) is 9.08. The van der Waals surface area contributed by atoms with Crippen LogP contribution in [0.4, 0.5) is 4.39 Å². The first-order chi connectivity index (χ1) is 12.7. The average Bonchev–Trinajstić information content (AvgIpc) is 2.66. The van der Waals surface area contributed by atoms with E-state index in [0.29, 0.717) is 32.1 Å². The van der Waals surface area contributed by atoms with E-state index in [1.54, 1.807) is 0 Å². The van der Waals surface area contributed by atoms with Crippen LogP contribution in [-0.4, -0.2) is 63.6 Å². The number of aliphatic imine (C=N–C) groups is 1. The van der Waals surface area contributed by atoms with E-state index in [9.17, 15) is 4.39 Å². The van der Waals surface area contributed by atoms with Gasteiger partial charge in [0.05, 0.1) is 19.8 Å². The third-order valence-electron chi connectivity index (χ3n) is 4.47. The van der Waals surface area contributed by atoms with Crippen LogP contribution in [0.3, 0.4) is 0 Å². The number of nitrogens with zero attached hydrogens (tertiary/aromatic N) is 2. The van der Waals surface area contributed by atoms with Crippen LogP contribution in [0.15, 0.2) is 17.1 Å². The highest BCUT2D eigenvalue weighted by molar-refractivity contribution is 5.77. The van der Waals surface area contributed by atoms with Crippen molar-refractivity contribution in [3.05, 3.63) is 29.1 Å². The fraction of sp³-hybridized carbons (Fsp3) is 0.611. The van der Waals surface area contributed by atoms with Crippen molar-refractivity contribution in [1.29, 1.82) is 0 Å². The Balaban J connectivity index is 1.39. The predicted octanol–water partition coefficient (Wildman–Crippen LogP) is 0.861. The summed E-state index contributed by atoms with van der Waals surface area (Å²) in [6.45, 7) is 6.44. The van der Waals surface area contributed by atoms with Gasteiger partial charge in [-0.25, -0.2) is 4.39 Å². The number of hydrogen-bond donors (Lipinski definition) is 2. The van der Waals surface area contributed by atoms with E-state index >= 15 is 0 Å². The lowest BCUT2D eigenvalue weighted by molar-refractivity contribution is -0.0172. The zero-order chi connectivity index (χ0) is 18.2. The number of hydrogen-bond acceptors (Lipinski definition) is 5. The highest BCUT2D eigenvalue weighted by atomic mass is 19.1. The molecule has 0 aromatic heterocycles. The molecule has 7 nitrogen and oxygen atoms in total. The number of morpholine rings is 1. The van der Waals surface area contributed by atoms with Gasteiger partial charge in [0.2, 0.25) is 0 Å². The van der Waals surface area contributed by atoms with Crippen molar-refractivity contribution in [2.45, 2.75) is 19.4 Å². The molecule has 26 heavy (non-hydrogen) atoms. The predicted molar refractivity (Wildman–Crippen MR) is 96.8 cm³/mol. The Bertz CT molecular complexity index is 621. The molecule has 0 amide bonds. The molecule has 8 heteroatoms. The minimum absolute atomic E-state index is 0.200. The maximum atomic E-state index is 13.7. The number of rotatable bonds is 7. The van der Waals surface area contributed by atoms with Gasteiger partial charge in [0, 0.05) is 38.3 Å². The van der Waals surface area contributed by atoms with E-state index in [2.05, 4.69) is 15.2 Å². The molecule has 144 valence electrons. The first-order valence-electron chi connectivity index (χ1n) is 9.08. The van der Waals surface area contributed by atoms with Crippen LogP contribution in [0.5, 0.6) is 5.75 Å². The van der Waals surface area contributed by atoms with Crippen LogP contribution in [0.2, 0.25) is 0 Å². The highest BCUT2D eigenvalue weighted by Gasteiger charge is 2.16. The average molecular weight is 366 g/mol. The summed E-state index contributed by atoms with van der Waals surface area (Å²) in [5.74, 6) is 0.861. The van der Waals surface area contributed by atoms with Gasteiger partial charge in [-0.05, 0) is 30.5 Å². The molecule has 0 radical (unpaired) electrons. The number of fused-ring (bicyclic) bond motifs is 1. The largest absolute Gasteiger partial charge is 0.467 e. The molecule has 3 N–H and O–H groups in total. The summed E-state index contributed by atoms with van der Waals surface area (Å²) in [5, 5.41) is 3.08. The fourth-order valence-electron chi connectivity index (χ4n) is 3.14. The van der Waals surface area contributed by atoms with Gasteiger partial charge in [0.15, 0.2) is 12.8 Å². The molecule has 2 heterocycles. The lowest BCUT2D eigenvalue weighted by atomic mass is 10.1. The summed E-state index contributed by atoms with van der Waals surface area (Å²) >= 11 is 0. The van der Waals surface area contributed by atoms with Crippen molar-refractivity contribution in [1.82, 2.24) is 10.2 Å². The van der Waals surface area contributed by atoms with Crippen LogP contribution in [0.25, 0.3) is 0 Å². The lowest BCUT2D eigenvalue weighted by Gasteiger charge is -2.26. The zero-order valence-corrected chi connectivity index (χ0v) is 15.0. The first kappa shape index (κ1) is 18.9. The Kier molecular flexibility index (Phi) is 7.04. The van der Waals surface area contributed by atoms with Crippen LogP contribution in [0, 0.1) is 5.82 Å². The molecule has 2 aliphatic heterocycles. The van der Waals surface area contributed by atoms with Crippen LogP contribution >= 0.6 is 0 Å². The van der Waals surface area contributed by atoms with Crippen molar-refractivity contribution in [2.75, 3.05) is 52.7 Å². The van der Waals surface area contributed by atoms with Crippen molar-refractivity contribution in [2.24, 2.45) is 10.7 Å². The maximum Gasteiger partial charge on any atom is 0.189 e. The van der Waals surface area contributed by atoms with Gasteiger partial charge in [0.25, 0.3) is 0 Å². The molecule has 0 atom stereocenters. The number of benzene rings is 1. The van der Waals surface area contributed by atoms with E-state index in [4.69, 9.17) is 19.9 Å². The fourth-order valence-corrected chi connectivity index (χ4v) is 3.14. The van der Waals surface area contributed by atoms with Crippen LogP contribution < -0.4 is 15.8 Å². The molecule has 2 aliphatic rings. The Morgan fingerprint density at radius 1 is 1.27 bits per heavy atom. The summed E-state index contributed by atoms with van der Waals surface area (Å²) in [6, 6.07) is 2.96. The molecule has 0 bridgehead atoms. The number of ether oxygens (including phenoxy) is 3. The lowest BCUT2D eigenvalue weighted by Crippen LogP contribution is -2.37. The van der Waals surface area contributed by atoms with Crippen molar-refractivity contribution >= 4 is 5.96 Å². The van der Waals surface area contributed by atoms with E-state index in [0.717, 1.165) is 56.1 Å². The summed E-state index contributed by atoms with van der Waals surface area (Å²) < 4.78 is 29.7. The number of guanidine groups is 1. The summed E-state index contributed by atoms with van der Waals surface area (Å²) in [5.41, 5.74) is 7.47. The molecule has 0 aliphatic carbocycles. The maximum absolute atomic E-state index is 13.7. The topological polar surface area (TPSA) is 81.3 Å². The third-order valence-corrected chi connectivity index (χ3v) is 4.47. The molecular weight excluding hydrogens is 339 g/mol. The SMILES string of the molecule is NC(=NCCCN1CCOCC1)NCCc1cc(F)cc2c1OCOC2. The Labute approximate surface area is 153 Å². The van der Waals surface area contributed by atoms with Crippen LogP contribution in [0.1, 0.15) is 17.5 Å². The summed E-state index contributed by atoms with van der Waals surface area (Å²) in [6.07, 6.45) is 1.57. The highest BCUT2D eigenvalue weighted by Crippen LogP contribution is 2.29. The summed E-state index contributed by atoms with van der Waals surface area (Å²) in [4.78, 5) is 6.72. The quantitative estimate of drug-likeness (QED) is 0.423. The van der Waals surface area contributed by atoms with Crippen molar-refractivity contribution in [3.8, 4) is 5.75 Å². The third kappa shape index (κ3) is 5.55. The van der Waals surface area contributed by atoms with Crippen molar-refractivity contribution < 1.29 is 18.6 Å². The van der Waals surface area contributed by atoms with E-state index in [1.807, 2.05) is 0 Å². The van der Waals surface area contributed by atoms with Gasteiger partial charge < -0.3 is 25.3 Å². The van der Waals surface area contributed by atoms with Gasteiger partial charge in [0.1, 0.15) is 11.6 Å². The van der Waals surface area contributed by atoms with Gasteiger partial charge >= 0.3 is 0 Å². The smallest absolute Gasteiger partial charge is 0.189 e. The molecule has 3 rings (SSSR count). The Morgan fingerprint density at radius 2 is 2.12 bits per heavy atom.